The Morgan fingerprint density at radius 1 is 1.55 bits per heavy atom. The van der Waals surface area contributed by atoms with Gasteiger partial charge in [0.1, 0.15) is 17.1 Å². The molecule has 2 rings (SSSR count). The van der Waals surface area contributed by atoms with Crippen molar-refractivity contribution in [3.05, 3.63) is 23.2 Å². The first kappa shape index (κ1) is 14.1. The van der Waals surface area contributed by atoms with Crippen molar-refractivity contribution < 1.29 is 23.9 Å². The first-order valence-electron chi connectivity index (χ1n) is 6.34. The average Bonchev–Trinajstić information content (AvgIpc) is 2.78. The fourth-order valence-electron chi connectivity index (χ4n) is 2.12. The van der Waals surface area contributed by atoms with Gasteiger partial charge in [0.15, 0.2) is 0 Å². The quantitative estimate of drug-likeness (QED) is 0.741. The molecule has 1 aliphatic rings. The van der Waals surface area contributed by atoms with E-state index in [0.717, 1.165) is 0 Å². The number of rotatable bonds is 4. The molecule has 1 unspecified atom stereocenters. The number of carboxylic acid groups (broad SMARTS) is 1. The molecule has 0 saturated carbocycles. The number of aryl methyl sites for hydroxylation is 1. The molecule has 0 aromatic carbocycles. The van der Waals surface area contributed by atoms with Crippen molar-refractivity contribution in [1.82, 2.24) is 10.6 Å². The van der Waals surface area contributed by atoms with Crippen LogP contribution in [0.2, 0.25) is 0 Å². The zero-order valence-corrected chi connectivity index (χ0v) is 11.1. The Kier molecular flexibility index (Phi) is 4.07. The fourth-order valence-corrected chi connectivity index (χ4v) is 2.12. The molecule has 3 N–H and O–H groups in total. The predicted molar refractivity (Wildman–Crippen MR) is 68.0 cm³/mol. The van der Waals surface area contributed by atoms with Crippen molar-refractivity contribution in [1.29, 1.82) is 0 Å². The smallest absolute Gasteiger partial charge is 0.339 e. The number of aromatic carboxylic acids is 1. The average molecular weight is 280 g/mol. The molecule has 1 saturated heterocycles. The summed E-state index contributed by atoms with van der Waals surface area (Å²) in [5, 5.41) is 14.2. The summed E-state index contributed by atoms with van der Waals surface area (Å²) in [5.41, 5.74) is 0.0965. The van der Waals surface area contributed by atoms with Crippen LogP contribution in [0, 0.1) is 12.8 Å². The summed E-state index contributed by atoms with van der Waals surface area (Å²) < 4.78 is 5.27. The third-order valence-corrected chi connectivity index (χ3v) is 3.27. The van der Waals surface area contributed by atoms with Crippen LogP contribution in [0.1, 0.15) is 34.7 Å². The molecule has 1 aliphatic heterocycles. The van der Waals surface area contributed by atoms with Gasteiger partial charge in [-0.3, -0.25) is 9.59 Å². The van der Waals surface area contributed by atoms with Gasteiger partial charge in [-0.15, -0.1) is 0 Å². The molecule has 7 nitrogen and oxygen atoms in total. The number of piperidine rings is 1. The Hall–Kier alpha value is -2.31. The zero-order valence-electron chi connectivity index (χ0n) is 11.1. The van der Waals surface area contributed by atoms with E-state index in [-0.39, 0.29) is 29.8 Å². The minimum absolute atomic E-state index is 0.0400. The lowest BCUT2D eigenvalue weighted by molar-refractivity contribution is -0.129. The molecule has 2 amide bonds. The second kappa shape index (κ2) is 5.77. The Morgan fingerprint density at radius 3 is 2.85 bits per heavy atom. The highest BCUT2D eigenvalue weighted by Gasteiger charge is 2.24. The molecule has 1 aromatic heterocycles. The largest absolute Gasteiger partial charge is 0.478 e. The summed E-state index contributed by atoms with van der Waals surface area (Å²) in [6, 6.07) is 1.40. The van der Waals surface area contributed by atoms with Crippen molar-refractivity contribution in [3.8, 4) is 0 Å². The molecular weight excluding hydrogens is 264 g/mol. The molecule has 1 aromatic rings. The van der Waals surface area contributed by atoms with E-state index in [4.69, 9.17) is 9.52 Å². The number of carbonyl (C=O) groups is 3. The second-order valence-corrected chi connectivity index (χ2v) is 4.75. The van der Waals surface area contributed by atoms with Crippen molar-refractivity contribution >= 4 is 17.8 Å². The highest BCUT2D eigenvalue weighted by Crippen LogP contribution is 2.15. The van der Waals surface area contributed by atoms with Crippen LogP contribution in [0.25, 0.3) is 0 Å². The van der Waals surface area contributed by atoms with Crippen LogP contribution < -0.4 is 10.6 Å². The number of amides is 2. The minimum Gasteiger partial charge on any atom is -0.478 e. The molecule has 20 heavy (non-hydrogen) atoms. The van der Waals surface area contributed by atoms with E-state index in [1.54, 1.807) is 6.92 Å². The van der Waals surface area contributed by atoms with E-state index >= 15 is 0 Å². The van der Waals surface area contributed by atoms with Gasteiger partial charge in [-0.25, -0.2) is 4.79 Å². The van der Waals surface area contributed by atoms with Gasteiger partial charge in [0, 0.05) is 13.0 Å². The number of hydrogen-bond acceptors (Lipinski definition) is 4. The first-order chi connectivity index (χ1) is 9.47. The van der Waals surface area contributed by atoms with E-state index < -0.39 is 5.97 Å². The van der Waals surface area contributed by atoms with Crippen molar-refractivity contribution in [2.45, 2.75) is 26.3 Å². The molecule has 7 heteroatoms. The van der Waals surface area contributed by atoms with Gasteiger partial charge < -0.3 is 20.2 Å². The van der Waals surface area contributed by atoms with Gasteiger partial charge in [0.05, 0.1) is 12.5 Å². The molecule has 2 heterocycles. The Bertz CT molecular complexity index is 539. The van der Waals surface area contributed by atoms with Crippen molar-refractivity contribution in [3.63, 3.8) is 0 Å². The highest BCUT2D eigenvalue weighted by molar-refractivity contribution is 5.89. The molecule has 1 fully saturated rings. The number of nitrogens with one attached hydrogen (secondary N) is 2. The fraction of sp³-hybridized carbons (Fsp3) is 0.462. The van der Waals surface area contributed by atoms with E-state index in [1.165, 1.54) is 6.07 Å². The lowest BCUT2D eigenvalue weighted by Gasteiger charge is -2.21. The summed E-state index contributed by atoms with van der Waals surface area (Å²) in [7, 11) is 0. The van der Waals surface area contributed by atoms with Gasteiger partial charge in [-0.1, -0.05) is 0 Å². The molecule has 0 bridgehead atoms. The van der Waals surface area contributed by atoms with E-state index in [1.807, 2.05) is 0 Å². The summed E-state index contributed by atoms with van der Waals surface area (Å²) >= 11 is 0. The van der Waals surface area contributed by atoms with Gasteiger partial charge in [-0.2, -0.15) is 0 Å². The summed E-state index contributed by atoms with van der Waals surface area (Å²) in [6.45, 7) is 2.03. The van der Waals surface area contributed by atoms with E-state index in [2.05, 4.69) is 10.6 Å². The van der Waals surface area contributed by atoms with Gasteiger partial charge in [-0.05, 0) is 19.4 Å². The molecule has 0 spiro atoms. The minimum atomic E-state index is -1.06. The number of carboxylic acids is 1. The normalized spacial score (nSPS) is 18.4. The maximum absolute atomic E-state index is 11.9. The number of furan rings is 1. The Labute approximate surface area is 115 Å². The number of carbonyl (C=O) groups excluding carboxylic acids is 2. The highest BCUT2D eigenvalue weighted by atomic mass is 16.4. The SMILES string of the molecule is Cc1oc(CNC(=O)C2CCC(=O)NC2)cc1C(=O)O. The summed E-state index contributed by atoms with van der Waals surface area (Å²) in [4.78, 5) is 33.7. The second-order valence-electron chi connectivity index (χ2n) is 4.75. The topological polar surface area (TPSA) is 109 Å². The van der Waals surface area contributed by atoms with Crippen molar-refractivity contribution in [2.75, 3.05) is 6.54 Å². The lowest BCUT2D eigenvalue weighted by Crippen LogP contribution is -2.42. The first-order valence-corrected chi connectivity index (χ1v) is 6.34. The van der Waals surface area contributed by atoms with Crippen LogP contribution >= 0.6 is 0 Å². The van der Waals surface area contributed by atoms with E-state index in [0.29, 0.717) is 30.9 Å². The third kappa shape index (κ3) is 3.17. The number of hydrogen-bond donors (Lipinski definition) is 3. The lowest BCUT2D eigenvalue weighted by atomic mass is 9.98. The summed E-state index contributed by atoms with van der Waals surface area (Å²) in [5.74, 6) is -0.806. The van der Waals surface area contributed by atoms with E-state index in [9.17, 15) is 14.4 Å². The van der Waals surface area contributed by atoms with Crippen LogP contribution in [0.3, 0.4) is 0 Å². The van der Waals surface area contributed by atoms with Gasteiger partial charge >= 0.3 is 5.97 Å². The standard InChI is InChI=1S/C13H16N2O5/c1-7-10(13(18)19)4-9(20-7)6-15-12(17)8-2-3-11(16)14-5-8/h4,8H,2-3,5-6H2,1H3,(H,14,16)(H,15,17)(H,18,19). The molecular formula is C13H16N2O5. The summed E-state index contributed by atoms with van der Waals surface area (Å²) in [6.07, 6.45) is 0.871. The van der Waals surface area contributed by atoms with Crippen LogP contribution in [-0.2, 0) is 16.1 Å². The Morgan fingerprint density at radius 2 is 2.30 bits per heavy atom. The zero-order chi connectivity index (χ0) is 14.7. The molecule has 108 valence electrons. The van der Waals surface area contributed by atoms with Crippen molar-refractivity contribution in [2.24, 2.45) is 5.92 Å². The molecule has 0 aliphatic carbocycles. The monoisotopic (exact) mass is 280 g/mol. The molecule has 1 atom stereocenters. The van der Waals surface area contributed by atoms with Gasteiger partial charge in [0.2, 0.25) is 11.8 Å². The third-order valence-electron chi connectivity index (χ3n) is 3.27. The van der Waals surface area contributed by atoms with Crippen LogP contribution in [-0.4, -0.2) is 29.4 Å². The van der Waals surface area contributed by atoms with Gasteiger partial charge in [0.25, 0.3) is 0 Å². The van der Waals surface area contributed by atoms with Crippen LogP contribution in [0.15, 0.2) is 10.5 Å². The van der Waals surface area contributed by atoms with Crippen LogP contribution in [0.4, 0.5) is 0 Å². The molecule has 0 radical (unpaired) electrons. The Balaban J connectivity index is 1.88. The maximum atomic E-state index is 11.9. The van der Waals surface area contributed by atoms with Crippen LogP contribution in [0.5, 0.6) is 0 Å². The maximum Gasteiger partial charge on any atom is 0.339 e. The predicted octanol–water partition coefficient (Wildman–Crippen LogP) is 0.429.